The molecular weight excluding hydrogens is 484 g/mol. The predicted octanol–water partition coefficient (Wildman–Crippen LogP) is 5.08. The van der Waals surface area contributed by atoms with E-state index < -0.39 is 16.7 Å². The maximum absolute atomic E-state index is 12.6. The summed E-state index contributed by atoms with van der Waals surface area (Å²) in [6, 6.07) is 26.1. The van der Waals surface area contributed by atoms with Gasteiger partial charge in [-0.05, 0) is 19.9 Å². The molecule has 38 heavy (non-hydrogen) atoms. The third kappa shape index (κ3) is 7.61. The number of ether oxygens (including phenoxy) is 2. The first-order valence-corrected chi connectivity index (χ1v) is 12.7. The largest absolute Gasteiger partial charge is 0.342 e. The maximum atomic E-state index is 12.6. The molecule has 0 bridgehead atoms. The smallest absolute Gasteiger partial charge is 0.319 e. The van der Waals surface area contributed by atoms with E-state index in [2.05, 4.69) is 41.9 Å². The van der Waals surface area contributed by atoms with E-state index >= 15 is 0 Å². The highest BCUT2D eigenvalue weighted by molar-refractivity contribution is 5.89. The minimum absolute atomic E-state index is 0.0916. The van der Waals surface area contributed by atoms with Crippen molar-refractivity contribution >= 4 is 17.4 Å². The van der Waals surface area contributed by atoms with E-state index in [-0.39, 0.29) is 24.4 Å². The molecule has 0 unspecified atom stereocenters. The van der Waals surface area contributed by atoms with Gasteiger partial charge in [0.05, 0.1) is 12.0 Å². The van der Waals surface area contributed by atoms with Gasteiger partial charge in [0.1, 0.15) is 31.8 Å². The van der Waals surface area contributed by atoms with Crippen LogP contribution in [0.3, 0.4) is 0 Å². The van der Waals surface area contributed by atoms with Crippen molar-refractivity contribution in [2.45, 2.75) is 44.9 Å². The number of benzene rings is 3. The van der Waals surface area contributed by atoms with E-state index in [1.165, 1.54) is 29.3 Å². The van der Waals surface area contributed by atoms with Gasteiger partial charge >= 0.3 is 6.03 Å². The van der Waals surface area contributed by atoms with Crippen LogP contribution in [0.5, 0.6) is 0 Å². The number of hydrogen-bond donors (Lipinski definition) is 2. The first-order chi connectivity index (χ1) is 18.1. The van der Waals surface area contributed by atoms with Crippen LogP contribution >= 0.6 is 0 Å². The zero-order valence-electron chi connectivity index (χ0n) is 22.0. The number of urea groups is 1. The SMILES string of the molecule is CC1(C)O[C@@H](CNC(=O)Nc2cccc([N+](=O)[O-])c2)[C@H](C[N+](C)(Cc2ccccc2)Cc2ccccc2)O1. The maximum Gasteiger partial charge on any atom is 0.319 e. The van der Waals surface area contributed by atoms with Gasteiger partial charge < -0.3 is 24.6 Å². The molecule has 4 rings (SSSR count). The van der Waals surface area contributed by atoms with Crippen LogP contribution < -0.4 is 10.6 Å². The molecule has 9 heteroatoms. The number of likely N-dealkylation sites (N-methyl/N-ethyl adjacent to an activating group) is 1. The Morgan fingerprint density at radius 1 is 0.921 bits per heavy atom. The number of carbonyl (C=O) groups is 1. The topological polar surface area (TPSA) is 103 Å². The number of nitrogens with one attached hydrogen (secondary N) is 2. The Morgan fingerprint density at radius 2 is 1.50 bits per heavy atom. The predicted molar refractivity (Wildman–Crippen MR) is 145 cm³/mol. The average molecular weight is 520 g/mol. The van der Waals surface area contributed by atoms with Crippen LogP contribution in [0.2, 0.25) is 0 Å². The molecule has 0 radical (unpaired) electrons. The third-order valence-corrected chi connectivity index (χ3v) is 6.50. The fourth-order valence-corrected chi connectivity index (χ4v) is 4.97. The third-order valence-electron chi connectivity index (χ3n) is 6.50. The molecule has 1 fully saturated rings. The molecular formula is C29H35N4O5+. The number of nitro groups is 1. The van der Waals surface area contributed by atoms with Crippen LogP contribution in [0.15, 0.2) is 84.9 Å². The molecule has 3 aromatic rings. The second-order valence-corrected chi connectivity index (χ2v) is 10.4. The zero-order chi connectivity index (χ0) is 27.2. The molecule has 9 nitrogen and oxygen atoms in total. The lowest BCUT2D eigenvalue weighted by molar-refractivity contribution is -0.938. The Bertz CT molecular complexity index is 1190. The van der Waals surface area contributed by atoms with E-state index in [1.54, 1.807) is 6.07 Å². The Kier molecular flexibility index (Phi) is 8.41. The monoisotopic (exact) mass is 519 g/mol. The van der Waals surface area contributed by atoms with Gasteiger partial charge in [0.15, 0.2) is 5.79 Å². The van der Waals surface area contributed by atoms with Gasteiger partial charge in [0, 0.05) is 35.5 Å². The number of rotatable bonds is 10. The molecule has 1 saturated heterocycles. The number of non-ortho nitro benzene ring substituents is 1. The van der Waals surface area contributed by atoms with E-state index in [9.17, 15) is 14.9 Å². The minimum Gasteiger partial charge on any atom is -0.342 e. The number of amides is 2. The standard InChI is InChI=1S/C29H34N4O5/c1-29(2)37-26(18-30-28(34)31-24-15-10-16-25(17-24)32(35)36)27(38-29)21-33(3,19-22-11-6-4-7-12-22)20-23-13-8-5-9-14-23/h4-17,26-27H,18-21H2,1-3H3,(H-,30,31,34)/p+1/t26-,27-/m0/s1. The summed E-state index contributed by atoms with van der Waals surface area (Å²) in [4.78, 5) is 23.1. The summed E-state index contributed by atoms with van der Waals surface area (Å²) < 4.78 is 13.2. The molecule has 200 valence electrons. The van der Waals surface area contributed by atoms with Crippen molar-refractivity contribution in [3.05, 3.63) is 106 Å². The molecule has 1 heterocycles. The van der Waals surface area contributed by atoms with Gasteiger partial charge in [-0.15, -0.1) is 0 Å². The van der Waals surface area contributed by atoms with Crippen LogP contribution in [0, 0.1) is 10.1 Å². The lowest BCUT2D eigenvalue weighted by Gasteiger charge is -2.37. The normalized spacial score (nSPS) is 18.6. The highest BCUT2D eigenvalue weighted by atomic mass is 16.8. The van der Waals surface area contributed by atoms with Gasteiger partial charge in [-0.25, -0.2) is 4.79 Å². The van der Waals surface area contributed by atoms with Crippen molar-refractivity contribution in [1.82, 2.24) is 5.32 Å². The fraction of sp³-hybridized carbons (Fsp3) is 0.345. The molecule has 2 atom stereocenters. The number of hydrogen-bond acceptors (Lipinski definition) is 5. The number of nitro benzene ring substituents is 1. The van der Waals surface area contributed by atoms with Crippen LogP contribution in [0.25, 0.3) is 0 Å². The highest BCUT2D eigenvalue weighted by Crippen LogP contribution is 2.31. The first-order valence-electron chi connectivity index (χ1n) is 12.7. The van der Waals surface area contributed by atoms with Gasteiger partial charge in [-0.2, -0.15) is 0 Å². The molecule has 1 aliphatic heterocycles. The van der Waals surface area contributed by atoms with Crippen molar-refractivity contribution < 1.29 is 23.7 Å². The molecule has 3 aromatic carbocycles. The molecule has 0 aromatic heterocycles. The molecule has 2 N–H and O–H groups in total. The van der Waals surface area contributed by atoms with Crippen molar-refractivity contribution in [3.8, 4) is 0 Å². The van der Waals surface area contributed by atoms with E-state index in [1.807, 2.05) is 50.2 Å². The van der Waals surface area contributed by atoms with Crippen molar-refractivity contribution in [2.24, 2.45) is 0 Å². The van der Waals surface area contributed by atoms with Crippen molar-refractivity contribution in [1.29, 1.82) is 0 Å². The number of nitrogens with zero attached hydrogens (tertiary/aromatic N) is 2. The summed E-state index contributed by atoms with van der Waals surface area (Å²) in [6.45, 7) is 6.27. The number of carbonyl (C=O) groups excluding carboxylic acids is 1. The van der Waals surface area contributed by atoms with Crippen LogP contribution in [-0.2, 0) is 22.6 Å². The average Bonchev–Trinajstić information content (AvgIpc) is 3.16. The van der Waals surface area contributed by atoms with E-state index in [4.69, 9.17) is 9.47 Å². The summed E-state index contributed by atoms with van der Waals surface area (Å²) >= 11 is 0. The minimum atomic E-state index is -0.794. The van der Waals surface area contributed by atoms with Crippen molar-refractivity contribution in [2.75, 3.05) is 25.5 Å². The van der Waals surface area contributed by atoms with E-state index in [0.717, 1.165) is 13.1 Å². The zero-order valence-corrected chi connectivity index (χ0v) is 22.0. The molecule has 0 spiro atoms. The second-order valence-electron chi connectivity index (χ2n) is 10.4. The van der Waals surface area contributed by atoms with Crippen LogP contribution in [-0.4, -0.2) is 53.6 Å². The summed E-state index contributed by atoms with van der Waals surface area (Å²) in [6.07, 6.45) is -0.634. The fourth-order valence-electron chi connectivity index (χ4n) is 4.97. The number of anilines is 1. The Balaban J connectivity index is 1.45. The molecule has 1 aliphatic rings. The quantitative estimate of drug-likeness (QED) is 0.221. The Morgan fingerprint density at radius 3 is 2.08 bits per heavy atom. The Labute approximate surface area is 223 Å². The van der Waals surface area contributed by atoms with E-state index in [0.29, 0.717) is 16.7 Å². The van der Waals surface area contributed by atoms with Crippen LogP contribution in [0.4, 0.5) is 16.2 Å². The molecule has 0 aliphatic carbocycles. The summed E-state index contributed by atoms with van der Waals surface area (Å²) in [5, 5.41) is 16.5. The van der Waals surface area contributed by atoms with Crippen molar-refractivity contribution in [3.63, 3.8) is 0 Å². The van der Waals surface area contributed by atoms with Gasteiger partial charge in [-0.1, -0.05) is 66.7 Å². The van der Waals surface area contributed by atoms with Gasteiger partial charge in [0.25, 0.3) is 5.69 Å². The molecule has 0 saturated carbocycles. The summed E-state index contributed by atoms with van der Waals surface area (Å²) in [7, 11) is 2.22. The van der Waals surface area contributed by atoms with Crippen LogP contribution in [0.1, 0.15) is 25.0 Å². The number of quaternary nitrogens is 1. The first kappa shape index (κ1) is 27.3. The summed E-state index contributed by atoms with van der Waals surface area (Å²) in [5.41, 5.74) is 2.71. The van der Waals surface area contributed by atoms with Gasteiger partial charge in [0.2, 0.25) is 0 Å². The summed E-state index contributed by atoms with van der Waals surface area (Å²) in [5.74, 6) is -0.794. The lowest BCUT2D eigenvalue weighted by Crippen LogP contribution is -2.51. The Hall–Kier alpha value is -3.79. The second kappa shape index (κ2) is 11.7. The lowest BCUT2D eigenvalue weighted by atomic mass is 10.1. The van der Waals surface area contributed by atoms with Gasteiger partial charge in [-0.3, -0.25) is 10.1 Å². The highest BCUT2D eigenvalue weighted by Gasteiger charge is 2.45. The molecule has 2 amide bonds.